The van der Waals surface area contributed by atoms with E-state index in [4.69, 9.17) is 21.8 Å². The maximum absolute atomic E-state index is 10.1. The van der Waals surface area contributed by atoms with E-state index in [0.29, 0.717) is 5.56 Å². The zero-order valence-corrected chi connectivity index (χ0v) is 15.5. The van der Waals surface area contributed by atoms with Gasteiger partial charge < -0.3 is 10.2 Å². The van der Waals surface area contributed by atoms with Gasteiger partial charge in [-0.3, -0.25) is 4.79 Å². The molecule has 0 aromatic heterocycles. The van der Waals surface area contributed by atoms with Crippen LogP contribution in [0.1, 0.15) is 32.6 Å². The molecule has 0 spiro atoms. The first-order chi connectivity index (χ1) is 13.1. The van der Waals surface area contributed by atoms with Crippen molar-refractivity contribution in [2.45, 2.75) is 13.2 Å². The first-order valence-electron chi connectivity index (χ1n) is 8.43. The number of hydrogen-bond donors (Lipinski definition) is 2. The van der Waals surface area contributed by atoms with E-state index < -0.39 is 0 Å². The molecule has 0 aliphatic rings. The lowest BCUT2D eigenvalue weighted by atomic mass is 10.1. The minimum Gasteiger partial charge on any atom is -0.392 e. The van der Waals surface area contributed by atoms with E-state index in [0.717, 1.165) is 33.6 Å². The van der Waals surface area contributed by atoms with E-state index in [2.05, 4.69) is 0 Å². The number of carbonyl (C=O) groups excluding carboxylic acids is 1. The quantitative estimate of drug-likeness (QED) is 0.484. The third-order valence-electron chi connectivity index (χ3n) is 3.80. The number of rotatable bonds is 5. The van der Waals surface area contributed by atoms with E-state index in [1.807, 2.05) is 60.7 Å². The fourth-order valence-electron chi connectivity index (χ4n) is 2.20. The van der Waals surface area contributed by atoms with Gasteiger partial charge in [0, 0.05) is 10.6 Å². The molecule has 3 aromatic carbocycles. The maximum Gasteiger partial charge on any atom is 0.150 e. The number of aldehydes is 1. The Kier molecular flexibility index (Phi) is 8.46. The smallest absolute Gasteiger partial charge is 0.150 e. The SMILES string of the molecule is O=Cc1ccc(CO)cc1.OCc1ccc(/C=C/c2ccc(Cl)cc2)cc1. The van der Waals surface area contributed by atoms with Crippen molar-refractivity contribution < 1.29 is 15.0 Å². The highest BCUT2D eigenvalue weighted by Gasteiger charge is 1.91. The van der Waals surface area contributed by atoms with Crippen LogP contribution in [0.15, 0.2) is 72.8 Å². The van der Waals surface area contributed by atoms with Gasteiger partial charge in [0.2, 0.25) is 0 Å². The minimum atomic E-state index is 0.0269. The second kappa shape index (κ2) is 11.1. The van der Waals surface area contributed by atoms with Gasteiger partial charge in [0.25, 0.3) is 0 Å². The molecule has 2 N–H and O–H groups in total. The van der Waals surface area contributed by atoms with E-state index in [-0.39, 0.29) is 13.2 Å². The maximum atomic E-state index is 10.1. The first kappa shape index (κ1) is 20.6. The number of halogens is 1. The summed E-state index contributed by atoms with van der Waals surface area (Å²) in [4.78, 5) is 10.1. The highest BCUT2D eigenvalue weighted by molar-refractivity contribution is 6.30. The predicted octanol–water partition coefficient (Wildman–Crippen LogP) is 4.99. The fourth-order valence-corrected chi connectivity index (χ4v) is 2.33. The molecule has 27 heavy (non-hydrogen) atoms. The summed E-state index contributed by atoms with van der Waals surface area (Å²) in [5.74, 6) is 0. The zero-order chi connectivity index (χ0) is 19.5. The molecule has 3 aromatic rings. The molecule has 0 saturated heterocycles. The van der Waals surface area contributed by atoms with Crippen LogP contribution in [0.2, 0.25) is 5.02 Å². The van der Waals surface area contributed by atoms with E-state index >= 15 is 0 Å². The Hall–Kier alpha value is -2.72. The van der Waals surface area contributed by atoms with Gasteiger partial charge in [0.1, 0.15) is 6.29 Å². The van der Waals surface area contributed by atoms with E-state index in [1.165, 1.54) is 0 Å². The molecule has 138 valence electrons. The average molecular weight is 381 g/mol. The molecule has 0 heterocycles. The van der Waals surface area contributed by atoms with Crippen molar-refractivity contribution in [1.29, 1.82) is 0 Å². The second-order valence-corrected chi connectivity index (χ2v) is 6.24. The van der Waals surface area contributed by atoms with E-state index in [9.17, 15) is 4.79 Å². The molecule has 0 bridgehead atoms. The Morgan fingerprint density at radius 3 is 1.37 bits per heavy atom. The lowest BCUT2D eigenvalue weighted by molar-refractivity contribution is 0.112. The van der Waals surface area contributed by atoms with Crippen molar-refractivity contribution in [1.82, 2.24) is 0 Å². The highest BCUT2D eigenvalue weighted by Crippen LogP contribution is 2.13. The van der Waals surface area contributed by atoms with E-state index in [1.54, 1.807) is 24.3 Å². The van der Waals surface area contributed by atoms with Crippen LogP contribution in [0.25, 0.3) is 12.2 Å². The molecule has 0 amide bonds. The van der Waals surface area contributed by atoms with Gasteiger partial charge in [0.05, 0.1) is 13.2 Å². The Labute approximate surface area is 164 Å². The average Bonchev–Trinajstić information content (AvgIpc) is 2.74. The molecule has 3 nitrogen and oxygen atoms in total. The van der Waals surface area contributed by atoms with Crippen LogP contribution in [0.3, 0.4) is 0 Å². The molecule has 0 radical (unpaired) electrons. The molecule has 0 fully saturated rings. The standard InChI is InChI=1S/C15H13ClO.C8H8O2/c16-15-9-7-13(8-10-15)2-1-12-3-5-14(11-17)6-4-12;9-5-7-1-2-8(6-10)4-3-7/h1-10,17H,11H2;1-5,10H,6H2/b2-1+;. The summed E-state index contributed by atoms with van der Waals surface area (Å²) in [6, 6.07) is 22.3. The molecule has 4 heteroatoms. The van der Waals surface area contributed by atoms with Gasteiger partial charge in [-0.2, -0.15) is 0 Å². The first-order valence-corrected chi connectivity index (χ1v) is 8.81. The predicted molar refractivity (Wildman–Crippen MR) is 110 cm³/mol. The summed E-state index contributed by atoms with van der Waals surface area (Å²) in [5.41, 5.74) is 4.61. The molecule has 0 atom stereocenters. The van der Waals surface area contributed by atoms with Crippen molar-refractivity contribution in [3.63, 3.8) is 0 Å². The number of aliphatic hydroxyl groups excluding tert-OH is 2. The third-order valence-corrected chi connectivity index (χ3v) is 4.05. The monoisotopic (exact) mass is 380 g/mol. The van der Waals surface area contributed by atoms with Crippen molar-refractivity contribution in [2.24, 2.45) is 0 Å². The highest BCUT2D eigenvalue weighted by atomic mass is 35.5. The zero-order valence-electron chi connectivity index (χ0n) is 14.8. The lowest BCUT2D eigenvalue weighted by Gasteiger charge is -1.97. The van der Waals surface area contributed by atoms with Crippen LogP contribution in [0, 0.1) is 0 Å². The summed E-state index contributed by atoms with van der Waals surface area (Å²) in [6.45, 7) is 0.111. The molecule has 0 aliphatic carbocycles. The van der Waals surface area contributed by atoms with Crippen molar-refractivity contribution in [2.75, 3.05) is 0 Å². The van der Waals surface area contributed by atoms with Crippen LogP contribution >= 0.6 is 11.6 Å². The van der Waals surface area contributed by atoms with Crippen LogP contribution in [-0.4, -0.2) is 16.5 Å². The van der Waals surface area contributed by atoms with Gasteiger partial charge in [-0.25, -0.2) is 0 Å². The van der Waals surface area contributed by atoms with Crippen molar-refractivity contribution in [3.8, 4) is 0 Å². The topological polar surface area (TPSA) is 57.5 Å². The van der Waals surface area contributed by atoms with Crippen LogP contribution in [0.4, 0.5) is 0 Å². The third kappa shape index (κ3) is 7.19. The summed E-state index contributed by atoms with van der Waals surface area (Å²) in [7, 11) is 0. The Bertz CT molecular complexity index is 852. The largest absolute Gasteiger partial charge is 0.392 e. The van der Waals surface area contributed by atoms with Crippen LogP contribution in [0.5, 0.6) is 0 Å². The van der Waals surface area contributed by atoms with Gasteiger partial charge in [-0.15, -0.1) is 0 Å². The van der Waals surface area contributed by atoms with Gasteiger partial charge in [0.15, 0.2) is 0 Å². The van der Waals surface area contributed by atoms with Crippen LogP contribution < -0.4 is 0 Å². The second-order valence-electron chi connectivity index (χ2n) is 5.80. The summed E-state index contributed by atoms with van der Waals surface area (Å²) < 4.78 is 0. The normalized spacial score (nSPS) is 10.3. The Morgan fingerprint density at radius 2 is 1.00 bits per heavy atom. The fraction of sp³-hybridized carbons (Fsp3) is 0.0870. The van der Waals surface area contributed by atoms with Gasteiger partial charge in [-0.05, 0) is 34.4 Å². The molecule has 0 saturated carbocycles. The Balaban J connectivity index is 0.000000223. The van der Waals surface area contributed by atoms with Crippen molar-refractivity contribution in [3.05, 3.63) is 106 Å². The minimum absolute atomic E-state index is 0.0269. The molecule has 0 aliphatic heterocycles. The van der Waals surface area contributed by atoms with Crippen molar-refractivity contribution >= 4 is 30.0 Å². The van der Waals surface area contributed by atoms with Crippen LogP contribution in [-0.2, 0) is 13.2 Å². The van der Waals surface area contributed by atoms with Gasteiger partial charge in [-0.1, -0.05) is 84.4 Å². The number of benzene rings is 3. The number of aliphatic hydroxyl groups is 2. The number of carbonyl (C=O) groups is 1. The summed E-state index contributed by atoms with van der Waals surface area (Å²) >= 11 is 5.81. The molecular formula is C23H21ClO3. The summed E-state index contributed by atoms with van der Waals surface area (Å²) in [5, 5.41) is 18.3. The summed E-state index contributed by atoms with van der Waals surface area (Å²) in [6.07, 6.45) is 4.84. The molecule has 3 rings (SSSR count). The molecular weight excluding hydrogens is 360 g/mol. The molecule has 0 unspecified atom stereocenters. The lowest BCUT2D eigenvalue weighted by Crippen LogP contribution is -1.83. The number of hydrogen-bond acceptors (Lipinski definition) is 3. The van der Waals surface area contributed by atoms with Gasteiger partial charge >= 0.3 is 0 Å². The Morgan fingerprint density at radius 1 is 0.630 bits per heavy atom.